The highest BCUT2D eigenvalue weighted by molar-refractivity contribution is 6.47. The summed E-state index contributed by atoms with van der Waals surface area (Å²) in [5, 5.41) is 4.92. The van der Waals surface area contributed by atoms with Gasteiger partial charge in [-0.25, -0.2) is 4.90 Å². The van der Waals surface area contributed by atoms with Crippen molar-refractivity contribution in [1.29, 1.82) is 0 Å². The number of anilines is 2. The molecule has 0 fully saturated rings. The van der Waals surface area contributed by atoms with Crippen molar-refractivity contribution in [2.24, 2.45) is 0 Å². The Labute approximate surface area is 197 Å². The Hall–Kier alpha value is -4.58. The van der Waals surface area contributed by atoms with Crippen LogP contribution >= 0.6 is 0 Å². The van der Waals surface area contributed by atoms with Crippen molar-refractivity contribution >= 4 is 39.5 Å². The molecule has 2 amide bonds. The van der Waals surface area contributed by atoms with E-state index in [0.717, 1.165) is 10.8 Å². The molecule has 4 aromatic carbocycles. The third-order valence-corrected chi connectivity index (χ3v) is 5.83. The van der Waals surface area contributed by atoms with E-state index in [1.807, 2.05) is 60.7 Å². The number of methoxy groups -OCH3 is 2. The Kier molecular flexibility index (Phi) is 5.47. The average Bonchev–Trinajstić information content (AvgIpc) is 3.12. The summed E-state index contributed by atoms with van der Waals surface area (Å²) in [6.07, 6.45) is 0. The lowest BCUT2D eigenvalue weighted by Crippen LogP contribution is -2.32. The number of hydrogen-bond acceptors (Lipinski definition) is 5. The van der Waals surface area contributed by atoms with E-state index in [4.69, 9.17) is 9.47 Å². The van der Waals surface area contributed by atoms with Gasteiger partial charge in [0.15, 0.2) is 0 Å². The lowest BCUT2D eigenvalue weighted by molar-refractivity contribution is -0.120. The van der Waals surface area contributed by atoms with Crippen molar-refractivity contribution < 1.29 is 19.1 Å². The number of imide groups is 1. The molecule has 34 heavy (non-hydrogen) atoms. The molecule has 0 atom stereocenters. The van der Waals surface area contributed by atoms with E-state index in [0.29, 0.717) is 28.4 Å². The molecule has 168 valence electrons. The molecule has 1 aliphatic rings. The van der Waals surface area contributed by atoms with Gasteiger partial charge in [0, 0.05) is 10.9 Å². The molecular formula is C28H22N2O4. The highest BCUT2D eigenvalue weighted by Gasteiger charge is 2.42. The van der Waals surface area contributed by atoms with Crippen LogP contribution in [0.5, 0.6) is 11.5 Å². The van der Waals surface area contributed by atoms with Crippen LogP contribution in [0.3, 0.4) is 0 Å². The van der Waals surface area contributed by atoms with Gasteiger partial charge in [-0.1, -0.05) is 66.7 Å². The quantitative estimate of drug-likeness (QED) is 0.406. The maximum absolute atomic E-state index is 13.9. The third kappa shape index (κ3) is 3.46. The zero-order valence-electron chi connectivity index (χ0n) is 18.7. The van der Waals surface area contributed by atoms with Gasteiger partial charge in [0.25, 0.3) is 11.8 Å². The number of hydrogen-bond donors (Lipinski definition) is 1. The first kappa shape index (κ1) is 21.3. The summed E-state index contributed by atoms with van der Waals surface area (Å²) in [7, 11) is 3.09. The Balaban J connectivity index is 1.71. The number of benzene rings is 4. The van der Waals surface area contributed by atoms with Crippen LogP contribution < -0.4 is 19.7 Å². The molecule has 1 aliphatic heterocycles. The highest BCUT2D eigenvalue weighted by atomic mass is 16.5. The minimum atomic E-state index is -0.451. The van der Waals surface area contributed by atoms with Gasteiger partial charge in [0.05, 0.1) is 31.2 Å². The molecule has 6 heteroatoms. The van der Waals surface area contributed by atoms with Crippen molar-refractivity contribution in [3.8, 4) is 11.5 Å². The van der Waals surface area contributed by atoms with E-state index in [9.17, 15) is 9.59 Å². The first-order valence-electron chi connectivity index (χ1n) is 10.8. The van der Waals surface area contributed by atoms with E-state index >= 15 is 0 Å². The lowest BCUT2D eigenvalue weighted by atomic mass is 10.0. The molecule has 5 rings (SSSR count). The number of fused-ring (bicyclic) bond motifs is 1. The van der Waals surface area contributed by atoms with Crippen LogP contribution in [0, 0.1) is 0 Å². The van der Waals surface area contributed by atoms with Gasteiger partial charge in [0.1, 0.15) is 17.2 Å². The summed E-state index contributed by atoms with van der Waals surface area (Å²) in [6.45, 7) is 0. The predicted molar refractivity (Wildman–Crippen MR) is 133 cm³/mol. The number of nitrogens with one attached hydrogen (secondary N) is 1. The van der Waals surface area contributed by atoms with Crippen LogP contribution in [0.1, 0.15) is 5.56 Å². The Morgan fingerprint density at radius 2 is 1.32 bits per heavy atom. The zero-order valence-corrected chi connectivity index (χ0v) is 18.7. The van der Waals surface area contributed by atoms with Gasteiger partial charge < -0.3 is 14.8 Å². The second kappa shape index (κ2) is 8.75. The van der Waals surface area contributed by atoms with Crippen molar-refractivity contribution in [3.63, 3.8) is 0 Å². The number of carbonyl (C=O) groups is 2. The van der Waals surface area contributed by atoms with Crippen LogP contribution in [-0.4, -0.2) is 26.0 Å². The molecule has 0 aromatic heterocycles. The summed E-state index contributed by atoms with van der Waals surface area (Å²) in [6, 6.07) is 27.7. The SMILES string of the molecule is COc1ccccc1NC1=C(c2ccccc2OC)C(=O)N(c2cccc3ccccc23)C1=O. The normalized spacial score (nSPS) is 13.5. The third-order valence-electron chi connectivity index (χ3n) is 5.83. The Morgan fingerprint density at radius 3 is 2.12 bits per heavy atom. The molecule has 0 aliphatic carbocycles. The van der Waals surface area contributed by atoms with Crippen molar-refractivity contribution in [3.05, 3.63) is 102 Å². The lowest BCUT2D eigenvalue weighted by Gasteiger charge is -2.18. The molecule has 6 nitrogen and oxygen atoms in total. The van der Waals surface area contributed by atoms with Crippen LogP contribution in [-0.2, 0) is 9.59 Å². The maximum atomic E-state index is 13.9. The topological polar surface area (TPSA) is 67.9 Å². The van der Waals surface area contributed by atoms with E-state index < -0.39 is 11.8 Å². The molecule has 0 saturated carbocycles. The number of rotatable bonds is 6. The average molecular weight is 450 g/mol. The molecule has 0 saturated heterocycles. The summed E-state index contributed by atoms with van der Waals surface area (Å²) in [5.74, 6) is 0.174. The van der Waals surface area contributed by atoms with Crippen molar-refractivity contribution in [2.45, 2.75) is 0 Å². The smallest absolute Gasteiger partial charge is 0.282 e. The molecule has 4 aromatic rings. The first-order valence-corrected chi connectivity index (χ1v) is 10.8. The van der Waals surface area contributed by atoms with Gasteiger partial charge in [-0.15, -0.1) is 0 Å². The number of carbonyl (C=O) groups excluding carboxylic acids is 2. The maximum Gasteiger partial charge on any atom is 0.282 e. The fraction of sp³-hybridized carbons (Fsp3) is 0.0714. The molecule has 1 heterocycles. The molecule has 0 unspecified atom stereocenters. The second-order valence-electron chi connectivity index (χ2n) is 7.72. The van der Waals surface area contributed by atoms with Crippen LogP contribution in [0.15, 0.2) is 96.7 Å². The Bertz CT molecular complexity index is 1450. The molecule has 0 radical (unpaired) electrons. The van der Waals surface area contributed by atoms with Gasteiger partial charge in [-0.2, -0.15) is 0 Å². The molecule has 1 N–H and O–H groups in total. The number of amides is 2. The first-order chi connectivity index (χ1) is 16.6. The summed E-state index contributed by atoms with van der Waals surface area (Å²) in [5.41, 5.74) is 2.03. The monoisotopic (exact) mass is 450 g/mol. The minimum absolute atomic E-state index is 0.159. The molecule has 0 spiro atoms. The molecular weight excluding hydrogens is 428 g/mol. The predicted octanol–water partition coefficient (Wildman–Crippen LogP) is 5.25. The minimum Gasteiger partial charge on any atom is -0.496 e. The number of nitrogens with zero attached hydrogens (tertiary/aromatic N) is 1. The summed E-state index contributed by atoms with van der Waals surface area (Å²) < 4.78 is 11.0. The standard InChI is InChI=1S/C28H22N2O4/c1-33-23-16-7-5-13-20(23)25-26(29-21-14-6-8-17-24(21)34-2)28(32)30(27(25)31)22-15-9-11-18-10-3-4-12-19(18)22/h3-17,29H,1-2H3. The number of para-hydroxylation sites is 3. The van der Waals surface area contributed by atoms with Crippen LogP contribution in [0.25, 0.3) is 16.3 Å². The van der Waals surface area contributed by atoms with E-state index in [1.54, 1.807) is 37.4 Å². The molecule has 0 bridgehead atoms. The number of ether oxygens (including phenoxy) is 2. The van der Waals surface area contributed by atoms with Gasteiger partial charge in [-0.3, -0.25) is 9.59 Å². The zero-order chi connectivity index (χ0) is 23.7. The Morgan fingerprint density at radius 1 is 0.676 bits per heavy atom. The summed E-state index contributed by atoms with van der Waals surface area (Å²) >= 11 is 0. The van der Waals surface area contributed by atoms with E-state index in [2.05, 4.69) is 5.32 Å². The van der Waals surface area contributed by atoms with Gasteiger partial charge >= 0.3 is 0 Å². The fourth-order valence-corrected chi connectivity index (χ4v) is 4.25. The fourth-order valence-electron chi connectivity index (χ4n) is 4.25. The second-order valence-corrected chi connectivity index (χ2v) is 7.72. The highest BCUT2D eigenvalue weighted by Crippen LogP contribution is 2.40. The van der Waals surface area contributed by atoms with Gasteiger partial charge in [-0.05, 0) is 29.7 Å². The largest absolute Gasteiger partial charge is 0.496 e. The van der Waals surface area contributed by atoms with E-state index in [1.165, 1.54) is 12.0 Å². The van der Waals surface area contributed by atoms with Crippen molar-refractivity contribution in [1.82, 2.24) is 0 Å². The van der Waals surface area contributed by atoms with E-state index in [-0.39, 0.29) is 11.3 Å². The van der Waals surface area contributed by atoms with Crippen molar-refractivity contribution in [2.75, 3.05) is 24.4 Å². The van der Waals surface area contributed by atoms with Gasteiger partial charge in [0.2, 0.25) is 0 Å². The summed E-state index contributed by atoms with van der Waals surface area (Å²) in [4.78, 5) is 29.0. The van der Waals surface area contributed by atoms with Crippen LogP contribution in [0.2, 0.25) is 0 Å². The van der Waals surface area contributed by atoms with Crippen LogP contribution in [0.4, 0.5) is 11.4 Å².